The average Bonchev–Trinajstić information content (AvgIpc) is 3.84. The van der Waals surface area contributed by atoms with E-state index in [0.717, 1.165) is 29.2 Å². The van der Waals surface area contributed by atoms with Crippen LogP contribution in [0.5, 0.6) is 0 Å². The Morgan fingerprint density at radius 3 is 2.26 bits per heavy atom. The van der Waals surface area contributed by atoms with Gasteiger partial charge in [0.15, 0.2) is 0 Å². The topological polar surface area (TPSA) is 98.8 Å². The summed E-state index contributed by atoms with van der Waals surface area (Å²) in [7, 11) is 1.56. The maximum Gasteiger partial charge on any atom is 0.249 e. The molecule has 9 heteroatoms. The molecule has 0 bridgehead atoms. The second-order valence-corrected chi connectivity index (χ2v) is 11.5. The van der Waals surface area contributed by atoms with Gasteiger partial charge >= 0.3 is 0 Å². The van der Waals surface area contributed by atoms with Crippen LogP contribution >= 0.6 is 0 Å². The Hall–Kier alpha value is -4.27. The van der Waals surface area contributed by atoms with E-state index in [4.69, 9.17) is 0 Å². The molecular formula is C33H37FN4O4. The summed E-state index contributed by atoms with van der Waals surface area (Å²) in [5, 5.41) is 7.63. The van der Waals surface area contributed by atoms with Crippen LogP contribution in [0.3, 0.4) is 0 Å². The van der Waals surface area contributed by atoms with Crippen molar-refractivity contribution < 1.29 is 23.6 Å². The molecule has 3 aromatic rings. The van der Waals surface area contributed by atoms with Crippen molar-refractivity contribution in [1.29, 1.82) is 0 Å². The van der Waals surface area contributed by atoms with E-state index in [-0.39, 0.29) is 49.1 Å². The van der Waals surface area contributed by atoms with Gasteiger partial charge in [0.2, 0.25) is 23.6 Å². The minimum absolute atomic E-state index is 0.0495. The first-order valence-corrected chi connectivity index (χ1v) is 14.4. The van der Waals surface area contributed by atoms with Crippen LogP contribution in [0, 0.1) is 11.7 Å². The lowest BCUT2D eigenvalue weighted by atomic mass is 9.86. The second-order valence-electron chi connectivity index (χ2n) is 11.5. The monoisotopic (exact) mass is 572 g/mol. The molecule has 0 radical (unpaired) electrons. The fourth-order valence-electron chi connectivity index (χ4n) is 6.21. The largest absolute Gasteiger partial charge is 0.357 e. The van der Waals surface area contributed by atoms with Crippen LogP contribution in [0.4, 0.5) is 4.39 Å². The summed E-state index contributed by atoms with van der Waals surface area (Å²) in [5.74, 6) is -1.69. The fourth-order valence-corrected chi connectivity index (χ4v) is 6.21. The Kier molecular flexibility index (Phi) is 8.29. The normalized spacial score (nSPS) is 20.2. The zero-order valence-corrected chi connectivity index (χ0v) is 24.2. The van der Waals surface area contributed by atoms with Crippen molar-refractivity contribution in [3.63, 3.8) is 0 Å². The SMILES string of the molecule is CNC(=O)C(Cc1ccc2ccccc2c1)N1CCN(C(=O)C(Cc2ccc(F)cc2)NC(C)=O)C(C)(C2CC2)C1=O. The van der Waals surface area contributed by atoms with Crippen LogP contribution in [0.15, 0.2) is 66.7 Å². The number of hydrogen-bond acceptors (Lipinski definition) is 4. The minimum Gasteiger partial charge on any atom is -0.357 e. The molecule has 1 aliphatic heterocycles. The van der Waals surface area contributed by atoms with Gasteiger partial charge in [-0.1, -0.05) is 54.6 Å². The molecule has 0 aromatic heterocycles. The fraction of sp³-hybridized carbons (Fsp3) is 0.394. The zero-order chi connectivity index (χ0) is 30.0. The summed E-state index contributed by atoms with van der Waals surface area (Å²) in [6.07, 6.45) is 2.08. The summed E-state index contributed by atoms with van der Waals surface area (Å²) in [6, 6.07) is 18.2. The maximum atomic E-state index is 14.4. The summed E-state index contributed by atoms with van der Waals surface area (Å²) < 4.78 is 13.5. The number of nitrogens with zero attached hydrogens (tertiary/aromatic N) is 2. The summed E-state index contributed by atoms with van der Waals surface area (Å²) in [6.45, 7) is 3.54. The third-order valence-corrected chi connectivity index (χ3v) is 8.65. The van der Waals surface area contributed by atoms with Crippen LogP contribution in [0.1, 0.15) is 37.8 Å². The van der Waals surface area contributed by atoms with Gasteiger partial charge in [-0.05, 0) is 59.7 Å². The van der Waals surface area contributed by atoms with Gasteiger partial charge in [0, 0.05) is 39.9 Å². The number of carbonyl (C=O) groups excluding carboxylic acids is 4. The predicted octanol–water partition coefficient (Wildman–Crippen LogP) is 3.22. The lowest BCUT2D eigenvalue weighted by Gasteiger charge is -2.50. The number of benzene rings is 3. The highest BCUT2D eigenvalue weighted by Gasteiger charge is 2.58. The quantitative estimate of drug-likeness (QED) is 0.412. The number of hydrogen-bond donors (Lipinski definition) is 2. The first-order valence-electron chi connectivity index (χ1n) is 14.4. The van der Waals surface area contributed by atoms with E-state index in [1.165, 1.54) is 19.1 Å². The molecule has 3 atom stereocenters. The minimum atomic E-state index is -1.16. The molecule has 5 rings (SSSR count). The van der Waals surface area contributed by atoms with Gasteiger partial charge in [0.1, 0.15) is 23.4 Å². The first kappa shape index (κ1) is 29.2. The highest BCUT2D eigenvalue weighted by Crippen LogP contribution is 2.46. The van der Waals surface area contributed by atoms with Crippen LogP contribution in [-0.2, 0) is 32.0 Å². The molecule has 1 saturated carbocycles. The van der Waals surface area contributed by atoms with Crippen molar-refractivity contribution in [3.05, 3.63) is 83.7 Å². The molecule has 42 heavy (non-hydrogen) atoms. The van der Waals surface area contributed by atoms with Gasteiger partial charge in [-0.3, -0.25) is 19.2 Å². The lowest BCUT2D eigenvalue weighted by Crippen LogP contribution is -2.71. The van der Waals surface area contributed by atoms with Crippen molar-refractivity contribution in [3.8, 4) is 0 Å². The van der Waals surface area contributed by atoms with E-state index >= 15 is 0 Å². The number of nitrogens with one attached hydrogen (secondary N) is 2. The van der Waals surface area contributed by atoms with Gasteiger partial charge in [0.05, 0.1) is 0 Å². The maximum absolute atomic E-state index is 14.4. The van der Waals surface area contributed by atoms with Gasteiger partial charge in [-0.25, -0.2) is 4.39 Å². The molecule has 3 aromatic carbocycles. The number of fused-ring (bicyclic) bond motifs is 1. The second kappa shape index (κ2) is 11.9. The van der Waals surface area contributed by atoms with Crippen molar-refractivity contribution in [2.24, 2.45) is 5.92 Å². The molecule has 2 N–H and O–H groups in total. The van der Waals surface area contributed by atoms with Crippen LogP contribution in [0.25, 0.3) is 10.8 Å². The number of rotatable bonds is 9. The van der Waals surface area contributed by atoms with E-state index in [2.05, 4.69) is 10.6 Å². The average molecular weight is 573 g/mol. The van der Waals surface area contributed by atoms with Gasteiger partial charge in [-0.15, -0.1) is 0 Å². The Labute approximate surface area is 245 Å². The summed E-state index contributed by atoms with van der Waals surface area (Å²) in [4.78, 5) is 57.0. The van der Waals surface area contributed by atoms with Gasteiger partial charge < -0.3 is 20.4 Å². The number of halogens is 1. The first-order chi connectivity index (χ1) is 20.1. The van der Waals surface area contributed by atoms with Crippen molar-refractivity contribution in [2.75, 3.05) is 20.1 Å². The zero-order valence-electron chi connectivity index (χ0n) is 24.2. The Morgan fingerprint density at radius 2 is 1.62 bits per heavy atom. The van der Waals surface area contributed by atoms with Crippen molar-refractivity contribution in [2.45, 2.75) is 57.2 Å². The molecular weight excluding hydrogens is 535 g/mol. The highest BCUT2D eigenvalue weighted by atomic mass is 19.1. The van der Waals surface area contributed by atoms with E-state index in [1.807, 2.05) is 42.5 Å². The Morgan fingerprint density at radius 1 is 0.952 bits per heavy atom. The van der Waals surface area contributed by atoms with E-state index in [9.17, 15) is 23.6 Å². The molecule has 1 heterocycles. The Bertz CT molecular complexity index is 1510. The molecule has 3 unspecified atom stereocenters. The number of amides is 4. The van der Waals surface area contributed by atoms with E-state index in [1.54, 1.807) is 35.9 Å². The third kappa shape index (κ3) is 5.86. The molecule has 1 saturated heterocycles. The molecule has 0 spiro atoms. The number of likely N-dealkylation sites (N-methyl/N-ethyl adjacent to an activating group) is 1. The predicted molar refractivity (Wildman–Crippen MR) is 158 cm³/mol. The van der Waals surface area contributed by atoms with Gasteiger partial charge in [0.25, 0.3) is 0 Å². The number of piperazine rings is 1. The smallest absolute Gasteiger partial charge is 0.249 e. The van der Waals surface area contributed by atoms with E-state index < -0.39 is 23.4 Å². The summed E-state index contributed by atoms with van der Waals surface area (Å²) in [5.41, 5.74) is 0.466. The molecule has 220 valence electrons. The highest BCUT2D eigenvalue weighted by molar-refractivity contribution is 5.98. The molecule has 2 fully saturated rings. The van der Waals surface area contributed by atoms with E-state index in [0.29, 0.717) is 12.0 Å². The third-order valence-electron chi connectivity index (χ3n) is 8.65. The van der Waals surface area contributed by atoms with Crippen LogP contribution in [-0.4, -0.2) is 71.2 Å². The van der Waals surface area contributed by atoms with Crippen molar-refractivity contribution >= 4 is 34.4 Å². The van der Waals surface area contributed by atoms with Crippen LogP contribution < -0.4 is 10.6 Å². The molecule has 8 nitrogen and oxygen atoms in total. The Balaban J connectivity index is 1.42. The lowest BCUT2D eigenvalue weighted by molar-refractivity contribution is -0.166. The standard InChI is InChI=1S/C33H37FN4O4/c1-21(39)36-28(19-22-9-14-27(34)15-10-22)31(41)38-17-16-37(32(42)33(38,2)26-12-13-26)29(30(40)35-3)20-23-8-11-24-6-4-5-7-25(24)18-23/h4-11,14-15,18,26,28-29H,12-13,16-17,19-20H2,1-3H3,(H,35,40)(H,36,39). The van der Waals surface area contributed by atoms with Gasteiger partial charge in [-0.2, -0.15) is 0 Å². The number of carbonyl (C=O) groups is 4. The summed E-state index contributed by atoms with van der Waals surface area (Å²) >= 11 is 0. The molecule has 4 amide bonds. The van der Waals surface area contributed by atoms with Crippen LogP contribution in [0.2, 0.25) is 0 Å². The molecule has 1 aliphatic carbocycles. The molecule has 2 aliphatic rings. The van der Waals surface area contributed by atoms with Crippen molar-refractivity contribution in [1.82, 2.24) is 20.4 Å².